The first-order chi connectivity index (χ1) is 10.2. The van der Waals surface area contributed by atoms with Gasteiger partial charge in [-0.05, 0) is 42.0 Å². The molecule has 3 heteroatoms. The molecule has 0 fully saturated rings. The van der Waals surface area contributed by atoms with Gasteiger partial charge in [0, 0.05) is 11.6 Å². The molecule has 0 aromatic heterocycles. The van der Waals surface area contributed by atoms with Crippen LogP contribution < -0.4 is 4.74 Å². The van der Waals surface area contributed by atoms with Gasteiger partial charge in [-0.3, -0.25) is 0 Å². The average molecular weight is 282 g/mol. The lowest BCUT2D eigenvalue weighted by Gasteiger charge is -2.08. The van der Waals surface area contributed by atoms with E-state index in [-0.39, 0.29) is 0 Å². The number of hydrogen-bond acceptors (Lipinski definition) is 1. The molecule has 0 atom stereocenters. The van der Waals surface area contributed by atoms with Crippen molar-refractivity contribution in [3.63, 3.8) is 0 Å². The molecule has 0 spiro atoms. The summed E-state index contributed by atoms with van der Waals surface area (Å²) in [6, 6.07) is 19.9. The zero-order valence-electron chi connectivity index (χ0n) is 11.1. The van der Waals surface area contributed by atoms with E-state index in [0.29, 0.717) is 22.6 Å². The average Bonchev–Trinajstić information content (AvgIpc) is 2.48. The Balaban J connectivity index is 1.93. The predicted molar refractivity (Wildman–Crippen MR) is 78.3 cm³/mol. The summed E-state index contributed by atoms with van der Waals surface area (Å²) < 4.78 is 32.5. The van der Waals surface area contributed by atoms with E-state index in [1.807, 2.05) is 30.3 Å². The molecule has 1 nitrogen and oxygen atoms in total. The van der Waals surface area contributed by atoms with Crippen LogP contribution in [0.4, 0.5) is 8.78 Å². The number of para-hydroxylation sites is 1. The van der Waals surface area contributed by atoms with Gasteiger partial charge in [0.15, 0.2) is 0 Å². The van der Waals surface area contributed by atoms with Gasteiger partial charge >= 0.3 is 0 Å². The zero-order valence-corrected chi connectivity index (χ0v) is 11.1. The second kappa shape index (κ2) is 5.75. The van der Waals surface area contributed by atoms with Crippen LogP contribution in [0.1, 0.15) is 0 Å². The van der Waals surface area contributed by atoms with Crippen molar-refractivity contribution in [1.29, 1.82) is 0 Å². The van der Waals surface area contributed by atoms with Gasteiger partial charge in [0.25, 0.3) is 0 Å². The van der Waals surface area contributed by atoms with Crippen LogP contribution in [0.5, 0.6) is 11.5 Å². The summed E-state index contributed by atoms with van der Waals surface area (Å²) in [7, 11) is 0. The van der Waals surface area contributed by atoms with Crippen LogP contribution >= 0.6 is 0 Å². The number of hydrogen-bond donors (Lipinski definition) is 0. The van der Waals surface area contributed by atoms with E-state index in [2.05, 4.69) is 0 Å². The molecular weight excluding hydrogens is 270 g/mol. The minimum atomic E-state index is -0.591. The Hall–Kier alpha value is -2.68. The molecule has 0 N–H and O–H groups in total. The lowest BCUT2D eigenvalue weighted by Crippen LogP contribution is -1.88. The Morgan fingerprint density at radius 1 is 0.667 bits per heavy atom. The number of ether oxygens (including phenoxy) is 1. The van der Waals surface area contributed by atoms with Crippen LogP contribution in [-0.2, 0) is 0 Å². The fourth-order valence-corrected chi connectivity index (χ4v) is 2.08. The molecule has 3 aromatic carbocycles. The third kappa shape index (κ3) is 3.08. The lowest BCUT2D eigenvalue weighted by molar-refractivity contribution is 0.483. The first kappa shape index (κ1) is 13.3. The normalized spacial score (nSPS) is 10.4. The zero-order chi connectivity index (χ0) is 14.7. The summed E-state index contributed by atoms with van der Waals surface area (Å²) in [6.07, 6.45) is 0. The van der Waals surface area contributed by atoms with Crippen LogP contribution in [0.3, 0.4) is 0 Å². The van der Waals surface area contributed by atoms with Crippen molar-refractivity contribution in [2.75, 3.05) is 0 Å². The summed E-state index contributed by atoms with van der Waals surface area (Å²) >= 11 is 0. The first-order valence-corrected chi connectivity index (χ1v) is 6.51. The van der Waals surface area contributed by atoms with Gasteiger partial charge in [-0.25, -0.2) is 8.78 Å². The highest BCUT2D eigenvalue weighted by molar-refractivity contribution is 5.65. The maximum Gasteiger partial charge on any atom is 0.133 e. The lowest BCUT2D eigenvalue weighted by atomic mass is 10.0. The SMILES string of the molecule is Fc1ccc(-c2cccc(Oc3ccccc3)c2)c(F)c1. The molecule has 0 aliphatic heterocycles. The van der Waals surface area contributed by atoms with E-state index in [0.717, 1.165) is 6.07 Å². The second-order valence-electron chi connectivity index (χ2n) is 4.57. The molecule has 3 aromatic rings. The highest BCUT2D eigenvalue weighted by atomic mass is 19.1. The molecule has 0 amide bonds. The number of rotatable bonds is 3. The largest absolute Gasteiger partial charge is 0.457 e. The quantitative estimate of drug-likeness (QED) is 0.623. The molecule has 0 saturated heterocycles. The topological polar surface area (TPSA) is 9.23 Å². The third-order valence-corrected chi connectivity index (χ3v) is 3.06. The van der Waals surface area contributed by atoms with Gasteiger partial charge < -0.3 is 4.74 Å². The molecule has 0 heterocycles. The van der Waals surface area contributed by atoms with Crippen LogP contribution in [0.2, 0.25) is 0 Å². The van der Waals surface area contributed by atoms with Gasteiger partial charge in [-0.1, -0.05) is 30.3 Å². The second-order valence-corrected chi connectivity index (χ2v) is 4.57. The van der Waals surface area contributed by atoms with E-state index in [1.165, 1.54) is 12.1 Å². The maximum atomic E-state index is 13.8. The standard InChI is InChI=1S/C18H12F2O/c19-14-9-10-17(18(20)12-14)13-5-4-8-16(11-13)21-15-6-2-1-3-7-15/h1-12H. The van der Waals surface area contributed by atoms with E-state index < -0.39 is 11.6 Å². The molecule has 0 aliphatic rings. The van der Waals surface area contributed by atoms with Crippen molar-refractivity contribution in [3.05, 3.63) is 84.4 Å². The van der Waals surface area contributed by atoms with Crippen molar-refractivity contribution in [3.8, 4) is 22.6 Å². The minimum absolute atomic E-state index is 0.343. The van der Waals surface area contributed by atoms with Crippen molar-refractivity contribution < 1.29 is 13.5 Å². The van der Waals surface area contributed by atoms with E-state index in [9.17, 15) is 8.78 Å². The first-order valence-electron chi connectivity index (χ1n) is 6.51. The smallest absolute Gasteiger partial charge is 0.133 e. The van der Waals surface area contributed by atoms with Gasteiger partial charge in [0.05, 0.1) is 0 Å². The van der Waals surface area contributed by atoms with Gasteiger partial charge in [-0.2, -0.15) is 0 Å². The highest BCUT2D eigenvalue weighted by Crippen LogP contribution is 2.29. The van der Waals surface area contributed by atoms with E-state index >= 15 is 0 Å². The Morgan fingerprint density at radius 3 is 2.19 bits per heavy atom. The predicted octanol–water partition coefficient (Wildman–Crippen LogP) is 5.42. The molecule has 0 saturated carbocycles. The Kier molecular flexibility index (Phi) is 3.65. The van der Waals surface area contributed by atoms with Crippen molar-refractivity contribution in [2.24, 2.45) is 0 Å². The van der Waals surface area contributed by atoms with Gasteiger partial charge in [-0.15, -0.1) is 0 Å². The Morgan fingerprint density at radius 2 is 1.43 bits per heavy atom. The molecule has 0 radical (unpaired) electrons. The maximum absolute atomic E-state index is 13.8. The van der Waals surface area contributed by atoms with Crippen LogP contribution in [0.15, 0.2) is 72.8 Å². The highest BCUT2D eigenvalue weighted by Gasteiger charge is 2.07. The molecule has 104 valence electrons. The molecule has 0 bridgehead atoms. The molecule has 0 aliphatic carbocycles. The molecular formula is C18H12F2O. The van der Waals surface area contributed by atoms with Crippen molar-refractivity contribution >= 4 is 0 Å². The number of halogens is 2. The van der Waals surface area contributed by atoms with Gasteiger partial charge in [0.1, 0.15) is 23.1 Å². The molecule has 0 unspecified atom stereocenters. The minimum Gasteiger partial charge on any atom is -0.457 e. The molecule has 21 heavy (non-hydrogen) atoms. The number of benzene rings is 3. The summed E-state index contributed by atoms with van der Waals surface area (Å²) in [5.41, 5.74) is 0.982. The van der Waals surface area contributed by atoms with E-state index in [1.54, 1.807) is 24.3 Å². The van der Waals surface area contributed by atoms with Gasteiger partial charge in [0.2, 0.25) is 0 Å². The van der Waals surface area contributed by atoms with Crippen LogP contribution in [0, 0.1) is 11.6 Å². The van der Waals surface area contributed by atoms with E-state index in [4.69, 9.17) is 4.74 Å². The fraction of sp³-hybridized carbons (Fsp3) is 0. The summed E-state index contributed by atoms with van der Waals surface area (Å²) in [5, 5.41) is 0. The summed E-state index contributed by atoms with van der Waals surface area (Å²) in [5.74, 6) is 0.122. The van der Waals surface area contributed by atoms with Crippen LogP contribution in [0.25, 0.3) is 11.1 Å². The third-order valence-electron chi connectivity index (χ3n) is 3.06. The summed E-state index contributed by atoms with van der Waals surface area (Å²) in [6.45, 7) is 0. The monoisotopic (exact) mass is 282 g/mol. The summed E-state index contributed by atoms with van der Waals surface area (Å²) in [4.78, 5) is 0. The van der Waals surface area contributed by atoms with Crippen molar-refractivity contribution in [1.82, 2.24) is 0 Å². The Bertz CT molecular complexity index is 754. The fourth-order valence-electron chi connectivity index (χ4n) is 2.08. The Labute approximate surface area is 121 Å². The molecule has 3 rings (SSSR count). The van der Waals surface area contributed by atoms with Crippen molar-refractivity contribution in [2.45, 2.75) is 0 Å². The van der Waals surface area contributed by atoms with Crippen LogP contribution in [-0.4, -0.2) is 0 Å².